The molecule has 0 aliphatic rings. The predicted octanol–water partition coefficient (Wildman–Crippen LogP) is 4.05. The lowest BCUT2D eigenvalue weighted by Crippen LogP contribution is -2.14. The second-order valence-corrected chi connectivity index (χ2v) is 7.24. The van der Waals surface area contributed by atoms with Crippen LogP contribution in [0.25, 0.3) is 28.0 Å². The van der Waals surface area contributed by atoms with E-state index in [0.717, 1.165) is 33.6 Å². The zero-order chi connectivity index (χ0) is 21.8. The molecule has 4 heterocycles. The van der Waals surface area contributed by atoms with E-state index in [9.17, 15) is 0 Å². The Morgan fingerprint density at radius 1 is 0.969 bits per heavy atom. The first-order valence-electron chi connectivity index (χ1n) is 10.3. The Morgan fingerprint density at radius 3 is 2.69 bits per heavy atom. The number of hydrogen-bond donors (Lipinski definition) is 1. The maximum absolute atomic E-state index is 5.67. The number of pyridine rings is 1. The van der Waals surface area contributed by atoms with Gasteiger partial charge < -0.3 is 10.1 Å². The first kappa shape index (κ1) is 19.6. The Bertz CT molecular complexity index is 1340. The molecule has 0 unspecified atom stereocenters. The number of ether oxygens (including phenoxy) is 1. The van der Waals surface area contributed by atoms with Crippen LogP contribution in [-0.4, -0.2) is 42.7 Å². The molecule has 0 aliphatic heterocycles. The van der Waals surface area contributed by atoms with Crippen LogP contribution in [0.3, 0.4) is 0 Å². The minimum absolute atomic E-state index is 0.414. The van der Waals surface area contributed by atoms with Crippen LogP contribution in [0.15, 0.2) is 79.6 Å². The van der Waals surface area contributed by atoms with Crippen LogP contribution in [-0.2, 0) is 0 Å². The number of fused-ring (bicyclic) bond motifs is 1. The Balaban J connectivity index is 1.50. The number of nitrogens with one attached hydrogen (secondary N) is 1. The summed E-state index contributed by atoms with van der Waals surface area (Å²) in [6.07, 6.45) is 10.3. The maximum atomic E-state index is 5.67. The average molecular weight is 423 g/mol. The van der Waals surface area contributed by atoms with E-state index < -0.39 is 0 Å². The summed E-state index contributed by atoms with van der Waals surface area (Å²) in [6.45, 7) is 2.95. The lowest BCUT2D eigenvalue weighted by atomic mass is 10.1. The van der Waals surface area contributed by atoms with Gasteiger partial charge in [-0.3, -0.25) is 9.97 Å². The molecule has 0 radical (unpaired) electrons. The standard InChI is InChI=1S/C24H21N7O/c1-17-13-19(15-26-14-17)23-29-24(28-10-12-32-21-16-25-8-9-27-21)22-20(7-11-31(22)30-23)18-5-3-2-4-6-18/h2-9,11,13-16H,10,12H2,1H3,(H,28,29,30). The highest BCUT2D eigenvalue weighted by molar-refractivity contribution is 5.89. The van der Waals surface area contributed by atoms with E-state index in [4.69, 9.17) is 14.8 Å². The molecule has 0 aliphatic carbocycles. The fourth-order valence-electron chi connectivity index (χ4n) is 3.48. The second-order valence-electron chi connectivity index (χ2n) is 7.24. The molecule has 158 valence electrons. The molecule has 0 fully saturated rings. The summed E-state index contributed by atoms with van der Waals surface area (Å²) in [4.78, 5) is 17.3. The molecule has 0 saturated heterocycles. The van der Waals surface area contributed by atoms with E-state index in [-0.39, 0.29) is 0 Å². The van der Waals surface area contributed by atoms with E-state index >= 15 is 0 Å². The van der Waals surface area contributed by atoms with Crippen LogP contribution in [0, 0.1) is 6.92 Å². The van der Waals surface area contributed by atoms with Gasteiger partial charge in [-0.1, -0.05) is 30.3 Å². The van der Waals surface area contributed by atoms with E-state index in [2.05, 4.69) is 38.5 Å². The molecule has 5 aromatic rings. The van der Waals surface area contributed by atoms with Gasteiger partial charge in [-0.25, -0.2) is 14.5 Å². The molecule has 0 saturated carbocycles. The molecular weight excluding hydrogens is 402 g/mol. The molecule has 1 N–H and O–H groups in total. The molecule has 32 heavy (non-hydrogen) atoms. The van der Waals surface area contributed by atoms with Gasteiger partial charge in [0.15, 0.2) is 11.6 Å². The Kier molecular flexibility index (Phi) is 5.40. The Labute approximate surface area is 185 Å². The SMILES string of the molecule is Cc1cncc(-c2nc(NCCOc3cnccn3)c3c(-c4ccccc4)ccn3n2)c1. The normalized spacial score (nSPS) is 10.9. The summed E-state index contributed by atoms with van der Waals surface area (Å²) < 4.78 is 7.53. The van der Waals surface area contributed by atoms with E-state index in [1.165, 1.54) is 0 Å². The van der Waals surface area contributed by atoms with Crippen LogP contribution in [0.4, 0.5) is 5.82 Å². The second kappa shape index (κ2) is 8.81. The van der Waals surface area contributed by atoms with E-state index in [1.54, 1.807) is 24.8 Å². The number of benzene rings is 1. The lowest BCUT2D eigenvalue weighted by Gasteiger charge is -2.12. The van der Waals surface area contributed by atoms with E-state index in [0.29, 0.717) is 24.9 Å². The van der Waals surface area contributed by atoms with Crippen LogP contribution < -0.4 is 10.1 Å². The molecule has 4 aromatic heterocycles. The van der Waals surface area contributed by atoms with Gasteiger partial charge in [0.25, 0.3) is 0 Å². The van der Waals surface area contributed by atoms with Crippen molar-refractivity contribution in [1.29, 1.82) is 0 Å². The fourth-order valence-corrected chi connectivity index (χ4v) is 3.48. The van der Waals surface area contributed by atoms with Gasteiger partial charge >= 0.3 is 0 Å². The third-order valence-electron chi connectivity index (χ3n) is 4.91. The first-order chi connectivity index (χ1) is 15.8. The number of anilines is 1. The van der Waals surface area contributed by atoms with Gasteiger partial charge in [-0.15, -0.1) is 5.10 Å². The molecule has 1 aromatic carbocycles. The maximum Gasteiger partial charge on any atom is 0.232 e. The molecule has 0 atom stereocenters. The Morgan fingerprint density at radius 2 is 1.88 bits per heavy atom. The molecular formula is C24H21N7O. The van der Waals surface area contributed by atoms with Crippen molar-refractivity contribution in [3.8, 4) is 28.4 Å². The third kappa shape index (κ3) is 4.11. The fraction of sp³-hybridized carbons (Fsp3) is 0.125. The smallest absolute Gasteiger partial charge is 0.232 e. The number of aromatic nitrogens is 6. The molecule has 0 bridgehead atoms. The van der Waals surface area contributed by atoms with Crippen molar-refractivity contribution in [3.63, 3.8) is 0 Å². The van der Waals surface area contributed by atoms with Crippen LogP contribution in [0.1, 0.15) is 5.56 Å². The van der Waals surface area contributed by atoms with Crippen molar-refractivity contribution in [2.45, 2.75) is 6.92 Å². The van der Waals surface area contributed by atoms with Gasteiger partial charge in [0.05, 0.1) is 12.7 Å². The lowest BCUT2D eigenvalue weighted by molar-refractivity contribution is 0.318. The van der Waals surface area contributed by atoms with Crippen molar-refractivity contribution in [1.82, 2.24) is 29.5 Å². The topological polar surface area (TPSA) is 90.1 Å². The quantitative estimate of drug-likeness (QED) is 0.395. The minimum Gasteiger partial charge on any atom is -0.475 e. The van der Waals surface area contributed by atoms with Crippen LogP contribution in [0.2, 0.25) is 0 Å². The predicted molar refractivity (Wildman–Crippen MR) is 122 cm³/mol. The average Bonchev–Trinajstić information content (AvgIpc) is 3.27. The summed E-state index contributed by atoms with van der Waals surface area (Å²) in [7, 11) is 0. The summed E-state index contributed by atoms with van der Waals surface area (Å²) in [5.41, 5.74) is 4.97. The van der Waals surface area contributed by atoms with Crippen LogP contribution >= 0.6 is 0 Å². The van der Waals surface area contributed by atoms with Crippen molar-refractivity contribution in [3.05, 3.63) is 85.2 Å². The largest absolute Gasteiger partial charge is 0.475 e. The van der Waals surface area contributed by atoms with Crippen molar-refractivity contribution < 1.29 is 4.74 Å². The third-order valence-corrected chi connectivity index (χ3v) is 4.91. The molecule has 5 rings (SSSR count). The molecule has 8 heteroatoms. The molecule has 0 amide bonds. The highest BCUT2D eigenvalue weighted by Crippen LogP contribution is 2.31. The Hall–Kier alpha value is -4.33. The summed E-state index contributed by atoms with van der Waals surface area (Å²) >= 11 is 0. The van der Waals surface area contributed by atoms with Gasteiger partial charge in [0.1, 0.15) is 12.1 Å². The monoisotopic (exact) mass is 423 g/mol. The summed E-state index contributed by atoms with van der Waals surface area (Å²) in [5.74, 6) is 1.81. The zero-order valence-electron chi connectivity index (χ0n) is 17.5. The summed E-state index contributed by atoms with van der Waals surface area (Å²) in [6, 6.07) is 14.3. The molecule has 0 spiro atoms. The van der Waals surface area contributed by atoms with Gasteiger partial charge in [0, 0.05) is 42.1 Å². The van der Waals surface area contributed by atoms with Crippen molar-refractivity contribution >= 4 is 11.3 Å². The van der Waals surface area contributed by atoms with Gasteiger partial charge in [-0.05, 0) is 30.2 Å². The highest BCUT2D eigenvalue weighted by Gasteiger charge is 2.15. The van der Waals surface area contributed by atoms with Crippen LogP contribution in [0.5, 0.6) is 5.88 Å². The first-order valence-corrected chi connectivity index (χ1v) is 10.3. The minimum atomic E-state index is 0.414. The number of hydrogen-bond acceptors (Lipinski definition) is 7. The van der Waals surface area contributed by atoms with Crippen molar-refractivity contribution in [2.75, 3.05) is 18.5 Å². The highest BCUT2D eigenvalue weighted by atomic mass is 16.5. The summed E-state index contributed by atoms with van der Waals surface area (Å²) in [5, 5.41) is 8.16. The van der Waals surface area contributed by atoms with Gasteiger partial charge in [0.2, 0.25) is 5.88 Å². The van der Waals surface area contributed by atoms with E-state index in [1.807, 2.05) is 48.1 Å². The zero-order valence-corrected chi connectivity index (χ0v) is 17.5. The van der Waals surface area contributed by atoms with Gasteiger partial charge in [-0.2, -0.15) is 0 Å². The number of nitrogens with zero attached hydrogens (tertiary/aromatic N) is 6. The number of rotatable bonds is 7. The molecule has 8 nitrogen and oxygen atoms in total. The number of aryl methyl sites for hydroxylation is 1. The van der Waals surface area contributed by atoms with Crippen molar-refractivity contribution in [2.24, 2.45) is 0 Å².